The number of hydrogen-bond donors (Lipinski definition) is 1. The Morgan fingerprint density at radius 2 is 1.97 bits per heavy atom. The lowest BCUT2D eigenvalue weighted by atomic mass is 10.1. The van der Waals surface area contributed by atoms with Crippen LogP contribution in [0.1, 0.15) is 51.7 Å². The summed E-state index contributed by atoms with van der Waals surface area (Å²) in [4.78, 5) is 21.6. The lowest BCUT2D eigenvalue weighted by molar-refractivity contribution is -0.137. The van der Waals surface area contributed by atoms with Crippen molar-refractivity contribution in [2.75, 3.05) is 6.61 Å². The molecule has 0 fully saturated rings. The van der Waals surface area contributed by atoms with E-state index in [-0.39, 0.29) is 17.9 Å². The summed E-state index contributed by atoms with van der Waals surface area (Å²) in [5.74, 6) is 0.200. The Bertz CT molecular complexity index is 1530. The van der Waals surface area contributed by atoms with Crippen molar-refractivity contribution in [2.24, 2.45) is 0 Å². The van der Waals surface area contributed by atoms with Gasteiger partial charge in [0.1, 0.15) is 17.6 Å². The topological polar surface area (TPSA) is 106 Å². The number of carbonyl (C=O) groups excluding carboxylic acids is 1. The van der Waals surface area contributed by atoms with Crippen molar-refractivity contribution in [1.82, 2.24) is 25.1 Å². The molecular weight excluding hydrogens is 533 g/mol. The van der Waals surface area contributed by atoms with Crippen molar-refractivity contribution in [1.29, 1.82) is 5.26 Å². The van der Waals surface area contributed by atoms with Gasteiger partial charge in [-0.25, -0.2) is 9.97 Å². The number of hydrogen-bond acceptors (Lipinski definition) is 6. The van der Waals surface area contributed by atoms with Crippen LogP contribution in [0, 0.1) is 18.3 Å². The number of carbonyl (C=O) groups is 1. The van der Waals surface area contributed by atoms with Crippen LogP contribution < -0.4 is 10.1 Å². The average Bonchev–Trinajstić information content (AvgIpc) is 3.31. The summed E-state index contributed by atoms with van der Waals surface area (Å²) in [7, 11) is 0. The molecule has 0 radical (unpaired) electrons. The Morgan fingerprint density at radius 1 is 1.21 bits per heavy atom. The number of nitriles is 1. The van der Waals surface area contributed by atoms with Crippen LogP contribution in [-0.2, 0) is 12.6 Å². The minimum atomic E-state index is -4.69. The number of benzene rings is 2. The second-order valence-electron chi connectivity index (χ2n) is 8.57. The molecule has 12 heteroatoms. The molecule has 4 rings (SSSR count). The van der Waals surface area contributed by atoms with E-state index >= 15 is 0 Å². The van der Waals surface area contributed by atoms with E-state index in [1.807, 2.05) is 6.07 Å². The Morgan fingerprint density at radius 3 is 2.64 bits per heavy atom. The Hall–Kier alpha value is -4.43. The number of aromatic nitrogens is 4. The van der Waals surface area contributed by atoms with Crippen molar-refractivity contribution in [3.63, 3.8) is 0 Å². The minimum Gasteiger partial charge on any atom is -0.493 e. The van der Waals surface area contributed by atoms with Crippen LogP contribution >= 0.6 is 11.6 Å². The molecule has 1 amide bonds. The van der Waals surface area contributed by atoms with Gasteiger partial charge in [0.05, 0.1) is 23.8 Å². The predicted octanol–water partition coefficient (Wildman–Crippen LogP) is 5.63. The van der Waals surface area contributed by atoms with Crippen molar-refractivity contribution in [2.45, 2.75) is 32.5 Å². The molecule has 0 aliphatic rings. The molecule has 0 saturated carbocycles. The van der Waals surface area contributed by atoms with E-state index in [1.165, 1.54) is 16.9 Å². The first-order valence-corrected chi connectivity index (χ1v) is 12.1. The fourth-order valence-electron chi connectivity index (χ4n) is 3.76. The van der Waals surface area contributed by atoms with Crippen molar-refractivity contribution in [3.8, 4) is 17.6 Å². The van der Waals surface area contributed by atoms with Crippen molar-refractivity contribution >= 4 is 17.5 Å². The second-order valence-corrected chi connectivity index (χ2v) is 8.98. The lowest BCUT2D eigenvalue weighted by Gasteiger charge is -2.16. The van der Waals surface area contributed by atoms with Gasteiger partial charge in [-0.15, -0.1) is 5.10 Å². The molecule has 0 saturated heterocycles. The minimum absolute atomic E-state index is 0.0580. The number of ether oxygens (including phenoxy) is 1. The first-order valence-electron chi connectivity index (χ1n) is 11.7. The highest BCUT2D eigenvalue weighted by Gasteiger charge is 2.32. The number of aryl methyl sites for hydroxylation is 1. The van der Waals surface area contributed by atoms with Crippen molar-refractivity contribution < 1.29 is 22.7 Å². The maximum atomic E-state index is 13.6. The van der Waals surface area contributed by atoms with E-state index < -0.39 is 23.7 Å². The van der Waals surface area contributed by atoms with Crippen LogP contribution in [0.3, 0.4) is 0 Å². The Kier molecular flexibility index (Phi) is 8.16. The third-order valence-electron chi connectivity index (χ3n) is 5.66. The standard InChI is InChI=1S/C27H22ClF3N6O2/c1-16(25-35-17(2)36-37(25)24-8-7-18(14-32)15-33-24)34-26(38)20-11-21(27(29,30)31)13-22(12-20)39-10-9-19-5-3-4-6-23(19)28/h3-8,11-13,15-16H,9-10H2,1-2H3,(H,34,38)/t16-/m0/s1. The molecule has 2 heterocycles. The monoisotopic (exact) mass is 554 g/mol. The van der Waals surface area contributed by atoms with Gasteiger partial charge in [-0.05, 0) is 55.8 Å². The highest BCUT2D eigenvalue weighted by Crippen LogP contribution is 2.33. The van der Waals surface area contributed by atoms with Gasteiger partial charge in [-0.3, -0.25) is 4.79 Å². The molecule has 2 aromatic heterocycles. The first kappa shape index (κ1) is 27.6. The van der Waals surface area contributed by atoms with E-state index in [0.717, 1.165) is 17.7 Å². The highest BCUT2D eigenvalue weighted by molar-refractivity contribution is 6.31. The number of halogens is 4. The maximum absolute atomic E-state index is 13.6. The third-order valence-corrected chi connectivity index (χ3v) is 6.03. The van der Waals surface area contributed by atoms with Gasteiger partial charge in [-0.1, -0.05) is 29.8 Å². The number of pyridine rings is 1. The van der Waals surface area contributed by atoms with E-state index in [2.05, 4.69) is 20.4 Å². The van der Waals surface area contributed by atoms with E-state index in [0.29, 0.717) is 34.5 Å². The summed E-state index contributed by atoms with van der Waals surface area (Å²) in [6.07, 6.45) is -2.95. The third kappa shape index (κ3) is 6.72. The van der Waals surface area contributed by atoms with Gasteiger partial charge >= 0.3 is 6.18 Å². The van der Waals surface area contributed by atoms with Crippen LogP contribution in [-0.4, -0.2) is 32.3 Å². The lowest BCUT2D eigenvalue weighted by Crippen LogP contribution is -2.29. The van der Waals surface area contributed by atoms with Crippen LogP contribution in [0.5, 0.6) is 5.75 Å². The quantitative estimate of drug-likeness (QED) is 0.303. The number of rotatable bonds is 8. The molecule has 0 aliphatic carbocycles. The van der Waals surface area contributed by atoms with Crippen LogP contribution in [0.2, 0.25) is 5.02 Å². The van der Waals surface area contributed by atoms with Gasteiger partial charge < -0.3 is 10.1 Å². The van der Waals surface area contributed by atoms with Crippen molar-refractivity contribution in [3.05, 3.63) is 99.7 Å². The predicted molar refractivity (Wildman–Crippen MR) is 137 cm³/mol. The zero-order chi connectivity index (χ0) is 28.2. The number of nitrogens with zero attached hydrogens (tertiary/aromatic N) is 5. The van der Waals surface area contributed by atoms with Crippen LogP contribution in [0.15, 0.2) is 60.8 Å². The summed E-state index contributed by atoms with van der Waals surface area (Å²) in [6.45, 7) is 3.33. The fraction of sp³-hybridized carbons (Fsp3) is 0.222. The van der Waals surface area contributed by atoms with Crippen LogP contribution in [0.4, 0.5) is 13.2 Å². The zero-order valence-corrected chi connectivity index (χ0v) is 21.6. The number of amides is 1. The second kappa shape index (κ2) is 11.5. The molecule has 0 unspecified atom stereocenters. The Labute approximate surface area is 227 Å². The number of nitrogens with one attached hydrogen (secondary N) is 1. The summed E-state index contributed by atoms with van der Waals surface area (Å²) >= 11 is 6.14. The normalized spacial score (nSPS) is 12.0. The SMILES string of the molecule is Cc1nc([C@H](C)NC(=O)c2cc(OCCc3ccccc3Cl)cc(C(F)(F)F)c2)n(-c2ccc(C#N)cn2)n1. The van der Waals surface area contributed by atoms with Gasteiger partial charge in [0.2, 0.25) is 0 Å². The zero-order valence-electron chi connectivity index (χ0n) is 20.8. The average molecular weight is 555 g/mol. The van der Waals surface area contributed by atoms with Gasteiger partial charge in [-0.2, -0.15) is 23.1 Å². The molecule has 39 heavy (non-hydrogen) atoms. The first-order chi connectivity index (χ1) is 18.5. The molecule has 4 aromatic rings. The number of alkyl halides is 3. The molecule has 1 N–H and O–H groups in total. The van der Waals surface area contributed by atoms with Gasteiger partial charge in [0.25, 0.3) is 5.91 Å². The molecule has 0 spiro atoms. The molecule has 0 bridgehead atoms. The van der Waals surface area contributed by atoms with E-state index in [1.54, 1.807) is 50.2 Å². The summed E-state index contributed by atoms with van der Waals surface area (Å²) in [5.41, 5.74) is -0.109. The summed E-state index contributed by atoms with van der Waals surface area (Å²) < 4.78 is 47.9. The molecule has 200 valence electrons. The summed E-state index contributed by atoms with van der Waals surface area (Å²) in [5, 5.41) is 16.5. The van der Waals surface area contributed by atoms with Gasteiger partial charge in [0.15, 0.2) is 11.6 Å². The van der Waals surface area contributed by atoms with Crippen LogP contribution in [0.25, 0.3) is 5.82 Å². The van der Waals surface area contributed by atoms with E-state index in [9.17, 15) is 18.0 Å². The van der Waals surface area contributed by atoms with Gasteiger partial charge in [0, 0.05) is 23.2 Å². The molecule has 0 aliphatic heterocycles. The highest BCUT2D eigenvalue weighted by atomic mass is 35.5. The molecule has 8 nitrogen and oxygen atoms in total. The Balaban J connectivity index is 1.54. The largest absolute Gasteiger partial charge is 0.493 e. The van der Waals surface area contributed by atoms with E-state index in [4.69, 9.17) is 21.6 Å². The molecule has 1 atom stereocenters. The molecule has 2 aromatic carbocycles. The smallest absolute Gasteiger partial charge is 0.416 e. The molecular formula is C27H22ClF3N6O2. The maximum Gasteiger partial charge on any atom is 0.416 e. The fourth-order valence-corrected chi connectivity index (χ4v) is 3.99. The summed E-state index contributed by atoms with van der Waals surface area (Å²) in [6, 6.07) is 14.3.